The summed E-state index contributed by atoms with van der Waals surface area (Å²) in [7, 11) is 3.12. The van der Waals surface area contributed by atoms with E-state index in [-0.39, 0.29) is 5.91 Å². The highest BCUT2D eigenvalue weighted by Gasteiger charge is 2.08. The van der Waals surface area contributed by atoms with Crippen molar-refractivity contribution in [2.75, 3.05) is 26.1 Å². The fourth-order valence-corrected chi connectivity index (χ4v) is 1.39. The highest BCUT2D eigenvalue weighted by molar-refractivity contribution is 5.92. The molecule has 17 heavy (non-hydrogen) atoms. The summed E-state index contributed by atoms with van der Waals surface area (Å²) in [6.45, 7) is 0.503. The molecule has 0 atom stereocenters. The van der Waals surface area contributed by atoms with Crippen molar-refractivity contribution in [3.05, 3.63) is 18.2 Å². The van der Waals surface area contributed by atoms with Crippen molar-refractivity contribution in [2.45, 2.75) is 12.8 Å². The van der Waals surface area contributed by atoms with E-state index in [1.807, 2.05) is 0 Å². The van der Waals surface area contributed by atoms with Gasteiger partial charge in [-0.05, 0) is 25.1 Å². The normalized spacial score (nSPS) is 9.82. The first-order chi connectivity index (χ1) is 8.21. The van der Waals surface area contributed by atoms with Crippen LogP contribution in [0.1, 0.15) is 12.8 Å². The number of anilines is 1. The van der Waals surface area contributed by atoms with E-state index in [4.69, 9.17) is 15.2 Å². The molecule has 0 fully saturated rings. The number of nitrogens with two attached hydrogens (primary N) is 1. The van der Waals surface area contributed by atoms with Gasteiger partial charge in [0, 0.05) is 12.5 Å². The number of rotatable bonds is 6. The minimum absolute atomic E-state index is 0.0815. The van der Waals surface area contributed by atoms with Crippen LogP contribution in [0.15, 0.2) is 18.2 Å². The van der Waals surface area contributed by atoms with Crippen LogP contribution in [0.5, 0.6) is 11.5 Å². The molecule has 0 aliphatic rings. The number of hydrogen-bond acceptors (Lipinski definition) is 4. The molecule has 1 aromatic carbocycles. The first-order valence-electron chi connectivity index (χ1n) is 5.43. The van der Waals surface area contributed by atoms with Crippen LogP contribution in [0.2, 0.25) is 0 Å². The van der Waals surface area contributed by atoms with Gasteiger partial charge in [0.1, 0.15) is 11.5 Å². The SMILES string of the molecule is COc1ccc(OC)c(NC(=O)CCCN)c1. The minimum Gasteiger partial charge on any atom is -0.497 e. The van der Waals surface area contributed by atoms with Crippen LogP contribution in [0.25, 0.3) is 0 Å². The molecule has 1 rings (SSSR count). The second kappa shape index (κ2) is 6.75. The summed E-state index contributed by atoms with van der Waals surface area (Å²) >= 11 is 0. The lowest BCUT2D eigenvalue weighted by atomic mass is 10.2. The third-order valence-corrected chi connectivity index (χ3v) is 2.29. The number of methoxy groups -OCH3 is 2. The molecule has 1 aromatic rings. The Morgan fingerprint density at radius 2 is 2.12 bits per heavy atom. The third kappa shape index (κ3) is 3.96. The second-order valence-electron chi connectivity index (χ2n) is 3.51. The Bertz CT molecular complexity index is 380. The van der Waals surface area contributed by atoms with E-state index in [9.17, 15) is 4.79 Å². The van der Waals surface area contributed by atoms with Crippen molar-refractivity contribution in [1.29, 1.82) is 0 Å². The van der Waals surface area contributed by atoms with E-state index in [2.05, 4.69) is 5.32 Å². The lowest BCUT2D eigenvalue weighted by Crippen LogP contribution is -2.14. The molecular weight excluding hydrogens is 220 g/mol. The first kappa shape index (κ1) is 13.3. The van der Waals surface area contributed by atoms with Gasteiger partial charge in [0.15, 0.2) is 0 Å². The van der Waals surface area contributed by atoms with Crippen LogP contribution in [0, 0.1) is 0 Å². The maximum atomic E-state index is 11.6. The molecule has 0 aliphatic heterocycles. The number of carbonyl (C=O) groups excluding carboxylic acids is 1. The van der Waals surface area contributed by atoms with Gasteiger partial charge in [-0.15, -0.1) is 0 Å². The minimum atomic E-state index is -0.0815. The molecule has 0 saturated carbocycles. The van der Waals surface area contributed by atoms with Crippen molar-refractivity contribution in [3.8, 4) is 11.5 Å². The standard InChI is InChI=1S/C12H18N2O3/c1-16-9-5-6-11(17-2)10(8-9)14-12(15)4-3-7-13/h5-6,8H,3-4,7,13H2,1-2H3,(H,14,15). The zero-order chi connectivity index (χ0) is 12.7. The fraction of sp³-hybridized carbons (Fsp3) is 0.417. The van der Waals surface area contributed by atoms with Gasteiger partial charge >= 0.3 is 0 Å². The average molecular weight is 238 g/mol. The molecule has 1 amide bonds. The Hall–Kier alpha value is -1.75. The molecule has 0 saturated heterocycles. The lowest BCUT2D eigenvalue weighted by Gasteiger charge is -2.11. The quantitative estimate of drug-likeness (QED) is 0.785. The topological polar surface area (TPSA) is 73.6 Å². The summed E-state index contributed by atoms with van der Waals surface area (Å²) in [5, 5.41) is 2.77. The second-order valence-corrected chi connectivity index (χ2v) is 3.51. The molecule has 0 bridgehead atoms. The van der Waals surface area contributed by atoms with Gasteiger partial charge in [0.05, 0.1) is 19.9 Å². The summed E-state index contributed by atoms with van der Waals surface area (Å²) in [5.74, 6) is 1.19. The molecule has 94 valence electrons. The van der Waals surface area contributed by atoms with Crippen LogP contribution < -0.4 is 20.5 Å². The molecular formula is C12H18N2O3. The van der Waals surface area contributed by atoms with E-state index in [1.165, 1.54) is 0 Å². The molecule has 0 radical (unpaired) electrons. The van der Waals surface area contributed by atoms with Crippen molar-refractivity contribution >= 4 is 11.6 Å². The van der Waals surface area contributed by atoms with Gasteiger partial charge in [-0.25, -0.2) is 0 Å². The maximum Gasteiger partial charge on any atom is 0.224 e. The fourth-order valence-electron chi connectivity index (χ4n) is 1.39. The molecule has 5 heteroatoms. The van der Waals surface area contributed by atoms with E-state index < -0.39 is 0 Å². The van der Waals surface area contributed by atoms with E-state index in [0.717, 1.165) is 0 Å². The third-order valence-electron chi connectivity index (χ3n) is 2.29. The Labute approximate surface area is 101 Å². The van der Waals surface area contributed by atoms with Gasteiger partial charge in [-0.1, -0.05) is 0 Å². The molecule has 0 aromatic heterocycles. The van der Waals surface area contributed by atoms with Crippen molar-refractivity contribution in [1.82, 2.24) is 0 Å². The molecule has 0 aliphatic carbocycles. The Morgan fingerprint density at radius 3 is 2.71 bits per heavy atom. The summed E-state index contributed by atoms with van der Waals surface area (Å²) in [5.41, 5.74) is 5.95. The number of carbonyl (C=O) groups is 1. The zero-order valence-electron chi connectivity index (χ0n) is 10.2. The van der Waals surface area contributed by atoms with E-state index in [1.54, 1.807) is 32.4 Å². The van der Waals surface area contributed by atoms with Crippen LogP contribution in [-0.2, 0) is 4.79 Å². The summed E-state index contributed by atoms with van der Waals surface area (Å²) in [6.07, 6.45) is 1.06. The Kier molecular flexibility index (Phi) is 5.29. The van der Waals surface area contributed by atoms with Crippen molar-refractivity contribution in [2.24, 2.45) is 5.73 Å². The van der Waals surface area contributed by atoms with E-state index in [0.29, 0.717) is 36.6 Å². The van der Waals surface area contributed by atoms with Crippen molar-refractivity contribution < 1.29 is 14.3 Å². The monoisotopic (exact) mass is 238 g/mol. The number of ether oxygens (including phenoxy) is 2. The largest absolute Gasteiger partial charge is 0.497 e. The lowest BCUT2D eigenvalue weighted by molar-refractivity contribution is -0.116. The number of hydrogen-bond donors (Lipinski definition) is 2. The number of amides is 1. The van der Waals surface area contributed by atoms with Gasteiger partial charge in [-0.3, -0.25) is 4.79 Å². The first-order valence-corrected chi connectivity index (χ1v) is 5.43. The highest BCUT2D eigenvalue weighted by atomic mass is 16.5. The van der Waals surface area contributed by atoms with Crippen molar-refractivity contribution in [3.63, 3.8) is 0 Å². The predicted molar refractivity (Wildman–Crippen MR) is 66.5 cm³/mol. The van der Waals surface area contributed by atoms with Gasteiger partial charge in [0.2, 0.25) is 5.91 Å². The zero-order valence-corrected chi connectivity index (χ0v) is 10.2. The smallest absolute Gasteiger partial charge is 0.224 e. The number of nitrogens with one attached hydrogen (secondary N) is 1. The molecule has 0 heterocycles. The summed E-state index contributed by atoms with van der Waals surface area (Å²) in [6, 6.07) is 5.24. The number of benzene rings is 1. The molecule has 0 unspecified atom stereocenters. The molecule has 0 spiro atoms. The van der Waals surface area contributed by atoms with Crippen LogP contribution >= 0.6 is 0 Å². The van der Waals surface area contributed by atoms with Gasteiger partial charge in [0.25, 0.3) is 0 Å². The Morgan fingerprint density at radius 1 is 1.35 bits per heavy atom. The maximum absolute atomic E-state index is 11.6. The predicted octanol–water partition coefficient (Wildman–Crippen LogP) is 1.38. The van der Waals surface area contributed by atoms with Crippen LogP contribution in [0.3, 0.4) is 0 Å². The van der Waals surface area contributed by atoms with Crippen LogP contribution in [-0.4, -0.2) is 26.7 Å². The van der Waals surface area contributed by atoms with Gasteiger partial charge in [-0.2, -0.15) is 0 Å². The van der Waals surface area contributed by atoms with Gasteiger partial charge < -0.3 is 20.5 Å². The Balaban J connectivity index is 2.76. The summed E-state index contributed by atoms with van der Waals surface area (Å²) in [4.78, 5) is 11.6. The molecule has 5 nitrogen and oxygen atoms in total. The molecule has 3 N–H and O–H groups in total. The summed E-state index contributed by atoms with van der Waals surface area (Å²) < 4.78 is 10.2. The van der Waals surface area contributed by atoms with E-state index >= 15 is 0 Å². The van der Waals surface area contributed by atoms with Crippen LogP contribution in [0.4, 0.5) is 5.69 Å². The highest BCUT2D eigenvalue weighted by Crippen LogP contribution is 2.28. The average Bonchev–Trinajstić information content (AvgIpc) is 2.36.